The Morgan fingerprint density at radius 3 is 2.72 bits per heavy atom. The lowest BCUT2D eigenvalue weighted by molar-refractivity contribution is 0.136. The van der Waals surface area contributed by atoms with Gasteiger partial charge in [-0.15, -0.1) is 0 Å². The largest absolute Gasteiger partial charge is 0.393 e. The van der Waals surface area contributed by atoms with Crippen LogP contribution in [0.1, 0.15) is 31.9 Å². The normalized spacial score (nSPS) is 23.2. The summed E-state index contributed by atoms with van der Waals surface area (Å²) in [6, 6.07) is 4.58. The zero-order valence-corrected chi connectivity index (χ0v) is 10.9. The molecular weight excluding hydrogens is 231 g/mol. The van der Waals surface area contributed by atoms with Crippen LogP contribution in [-0.4, -0.2) is 24.3 Å². The zero-order valence-electron chi connectivity index (χ0n) is 10.9. The minimum Gasteiger partial charge on any atom is -0.393 e. The van der Waals surface area contributed by atoms with Crippen LogP contribution in [0.3, 0.4) is 0 Å². The zero-order chi connectivity index (χ0) is 13.3. The molecule has 1 saturated heterocycles. The van der Waals surface area contributed by atoms with Gasteiger partial charge in [0, 0.05) is 30.7 Å². The molecule has 1 fully saturated rings. The number of rotatable bonds is 3. The standard InChI is InChI=1S/C14H21FN2O/c1-9(16)13-7-12(15)3-4-14(13)17-6-5-11(8-17)10(2)18/h3-4,7,9-11,18H,5-6,8,16H2,1-2H3/t9-,10?,11?/m1/s1. The maximum absolute atomic E-state index is 13.3. The average Bonchev–Trinajstić information content (AvgIpc) is 2.78. The maximum atomic E-state index is 13.3. The smallest absolute Gasteiger partial charge is 0.123 e. The van der Waals surface area contributed by atoms with Crippen LogP contribution in [-0.2, 0) is 0 Å². The molecule has 0 spiro atoms. The summed E-state index contributed by atoms with van der Waals surface area (Å²) in [4.78, 5) is 2.19. The first-order chi connectivity index (χ1) is 8.49. The molecule has 0 amide bonds. The van der Waals surface area contributed by atoms with Gasteiger partial charge < -0.3 is 15.7 Å². The Balaban J connectivity index is 2.24. The van der Waals surface area contributed by atoms with Crippen molar-refractivity contribution in [3.8, 4) is 0 Å². The lowest BCUT2D eigenvalue weighted by Gasteiger charge is -2.24. The van der Waals surface area contributed by atoms with Crippen molar-refractivity contribution in [3.63, 3.8) is 0 Å². The molecule has 4 heteroatoms. The van der Waals surface area contributed by atoms with Gasteiger partial charge in [-0.3, -0.25) is 0 Å². The summed E-state index contributed by atoms with van der Waals surface area (Å²) in [6.07, 6.45) is 0.669. The highest BCUT2D eigenvalue weighted by Gasteiger charge is 2.27. The highest BCUT2D eigenvalue weighted by Crippen LogP contribution is 2.31. The summed E-state index contributed by atoms with van der Waals surface area (Å²) in [7, 11) is 0. The van der Waals surface area contributed by atoms with Gasteiger partial charge in [0.2, 0.25) is 0 Å². The first-order valence-electron chi connectivity index (χ1n) is 6.47. The highest BCUT2D eigenvalue weighted by molar-refractivity contribution is 5.55. The summed E-state index contributed by atoms with van der Waals surface area (Å²) in [5.74, 6) is 0.0355. The van der Waals surface area contributed by atoms with Gasteiger partial charge in [0.05, 0.1) is 6.10 Å². The van der Waals surface area contributed by atoms with Crippen LogP contribution in [0.15, 0.2) is 18.2 Å². The van der Waals surface area contributed by atoms with Crippen LogP contribution in [0.2, 0.25) is 0 Å². The fraction of sp³-hybridized carbons (Fsp3) is 0.571. The number of anilines is 1. The van der Waals surface area contributed by atoms with Gasteiger partial charge in [0.1, 0.15) is 5.82 Å². The minimum absolute atomic E-state index is 0.193. The number of benzene rings is 1. The van der Waals surface area contributed by atoms with E-state index in [0.717, 1.165) is 30.8 Å². The summed E-state index contributed by atoms with van der Waals surface area (Å²) in [6.45, 7) is 5.38. The summed E-state index contributed by atoms with van der Waals surface area (Å²) < 4.78 is 13.3. The van der Waals surface area contributed by atoms with Gasteiger partial charge in [0.25, 0.3) is 0 Å². The van der Waals surface area contributed by atoms with E-state index in [1.807, 2.05) is 13.8 Å². The van der Waals surface area contributed by atoms with Crippen LogP contribution in [0.5, 0.6) is 0 Å². The van der Waals surface area contributed by atoms with Crippen LogP contribution >= 0.6 is 0 Å². The molecule has 0 radical (unpaired) electrons. The Morgan fingerprint density at radius 1 is 1.44 bits per heavy atom. The van der Waals surface area contributed by atoms with Gasteiger partial charge >= 0.3 is 0 Å². The second kappa shape index (κ2) is 5.24. The Hall–Kier alpha value is -1.13. The van der Waals surface area contributed by atoms with Crippen LogP contribution in [0.25, 0.3) is 0 Å². The van der Waals surface area contributed by atoms with Crippen molar-refractivity contribution in [2.24, 2.45) is 11.7 Å². The molecule has 3 N–H and O–H groups in total. The molecule has 1 heterocycles. The minimum atomic E-state index is -0.297. The van der Waals surface area contributed by atoms with Gasteiger partial charge in [-0.25, -0.2) is 4.39 Å². The second-order valence-corrected chi connectivity index (χ2v) is 5.23. The fourth-order valence-electron chi connectivity index (χ4n) is 2.58. The number of nitrogens with zero attached hydrogens (tertiary/aromatic N) is 1. The van der Waals surface area contributed by atoms with Crippen LogP contribution < -0.4 is 10.6 Å². The first-order valence-corrected chi connectivity index (χ1v) is 6.47. The number of halogens is 1. The van der Waals surface area contributed by atoms with Crippen molar-refractivity contribution in [1.29, 1.82) is 0 Å². The third kappa shape index (κ3) is 2.65. The van der Waals surface area contributed by atoms with Crippen molar-refractivity contribution in [1.82, 2.24) is 0 Å². The van der Waals surface area contributed by atoms with E-state index in [1.165, 1.54) is 12.1 Å². The number of hydrogen-bond acceptors (Lipinski definition) is 3. The van der Waals surface area contributed by atoms with Crippen molar-refractivity contribution >= 4 is 5.69 Å². The Kier molecular flexibility index (Phi) is 3.88. The number of aliphatic hydroxyl groups is 1. The molecule has 0 bridgehead atoms. The molecule has 100 valence electrons. The Morgan fingerprint density at radius 2 is 2.17 bits per heavy atom. The summed E-state index contributed by atoms with van der Waals surface area (Å²) in [5.41, 5.74) is 7.73. The van der Waals surface area contributed by atoms with Gasteiger partial charge in [-0.05, 0) is 44.0 Å². The first kappa shape index (κ1) is 13.3. The quantitative estimate of drug-likeness (QED) is 0.865. The predicted molar refractivity (Wildman–Crippen MR) is 71.0 cm³/mol. The monoisotopic (exact) mass is 252 g/mol. The average molecular weight is 252 g/mol. The molecule has 3 nitrogen and oxygen atoms in total. The molecule has 3 atom stereocenters. The highest BCUT2D eigenvalue weighted by atomic mass is 19.1. The summed E-state index contributed by atoms with van der Waals surface area (Å²) >= 11 is 0. The topological polar surface area (TPSA) is 49.5 Å². The van der Waals surface area contributed by atoms with E-state index in [0.29, 0.717) is 0 Å². The molecule has 0 aliphatic carbocycles. The van der Waals surface area contributed by atoms with E-state index in [2.05, 4.69) is 4.90 Å². The number of hydrogen-bond donors (Lipinski definition) is 2. The maximum Gasteiger partial charge on any atom is 0.123 e. The Labute approximate surface area is 107 Å². The van der Waals surface area contributed by atoms with E-state index >= 15 is 0 Å². The SMILES string of the molecule is CC(O)C1CCN(c2ccc(F)cc2[C@@H](C)N)C1. The van der Waals surface area contributed by atoms with E-state index < -0.39 is 0 Å². The lowest BCUT2D eigenvalue weighted by atomic mass is 10.0. The van der Waals surface area contributed by atoms with Crippen LogP contribution in [0.4, 0.5) is 10.1 Å². The van der Waals surface area contributed by atoms with Crippen molar-refractivity contribution in [3.05, 3.63) is 29.6 Å². The molecule has 0 saturated carbocycles. The molecule has 1 aliphatic heterocycles. The van der Waals surface area contributed by atoms with E-state index in [9.17, 15) is 9.50 Å². The molecule has 2 rings (SSSR count). The second-order valence-electron chi connectivity index (χ2n) is 5.23. The van der Waals surface area contributed by atoms with Crippen LogP contribution in [0, 0.1) is 11.7 Å². The lowest BCUT2D eigenvalue weighted by Crippen LogP contribution is -2.25. The Bertz CT molecular complexity index is 420. The molecule has 18 heavy (non-hydrogen) atoms. The molecule has 1 aliphatic rings. The molecule has 1 aromatic carbocycles. The fourth-order valence-corrected chi connectivity index (χ4v) is 2.58. The van der Waals surface area contributed by atoms with Crippen molar-refractivity contribution < 1.29 is 9.50 Å². The molecular formula is C14H21FN2O. The van der Waals surface area contributed by atoms with Gasteiger partial charge in [0.15, 0.2) is 0 Å². The third-order valence-electron chi connectivity index (χ3n) is 3.73. The molecule has 2 unspecified atom stereocenters. The van der Waals surface area contributed by atoms with Gasteiger partial charge in [-0.1, -0.05) is 0 Å². The molecule has 1 aromatic rings. The number of nitrogens with two attached hydrogens (primary N) is 1. The van der Waals surface area contributed by atoms with Crippen molar-refractivity contribution in [2.45, 2.75) is 32.4 Å². The third-order valence-corrected chi connectivity index (χ3v) is 3.73. The van der Waals surface area contributed by atoms with Crippen molar-refractivity contribution in [2.75, 3.05) is 18.0 Å². The predicted octanol–water partition coefficient (Wildman–Crippen LogP) is 2.05. The van der Waals surface area contributed by atoms with E-state index in [-0.39, 0.29) is 23.9 Å². The number of aliphatic hydroxyl groups excluding tert-OH is 1. The summed E-state index contributed by atoms with van der Waals surface area (Å²) in [5, 5.41) is 9.63. The molecule has 0 aromatic heterocycles. The van der Waals surface area contributed by atoms with E-state index in [4.69, 9.17) is 5.73 Å². The van der Waals surface area contributed by atoms with Gasteiger partial charge in [-0.2, -0.15) is 0 Å². The van der Waals surface area contributed by atoms with E-state index in [1.54, 1.807) is 6.07 Å².